The molecule has 1 saturated heterocycles. The van der Waals surface area contributed by atoms with E-state index in [4.69, 9.17) is 16.3 Å². The lowest BCUT2D eigenvalue weighted by molar-refractivity contribution is -0.149. The van der Waals surface area contributed by atoms with Crippen molar-refractivity contribution < 1.29 is 23.9 Å². The summed E-state index contributed by atoms with van der Waals surface area (Å²) in [5, 5.41) is 6.04. The number of urea groups is 1. The van der Waals surface area contributed by atoms with E-state index in [-0.39, 0.29) is 24.9 Å². The number of amides is 4. The van der Waals surface area contributed by atoms with Crippen molar-refractivity contribution in [3.05, 3.63) is 34.9 Å². The molecule has 1 heterocycles. The van der Waals surface area contributed by atoms with Crippen molar-refractivity contribution in [1.82, 2.24) is 15.5 Å². The summed E-state index contributed by atoms with van der Waals surface area (Å²) in [4.78, 5) is 49.6. The Labute approximate surface area is 173 Å². The zero-order valence-electron chi connectivity index (χ0n) is 16.2. The number of carbonyl (C=O) groups excluding carboxylic acids is 4. The maximum Gasteiger partial charge on any atom is 0.325 e. The van der Waals surface area contributed by atoms with Gasteiger partial charge in [0.15, 0.2) is 6.61 Å². The second-order valence-electron chi connectivity index (χ2n) is 7.43. The first-order valence-corrected chi connectivity index (χ1v) is 10.0. The standard InChI is InChI=1S/C20H24ClN3O5/c1-13(14-5-4-6-15(21)11-14)22-16(25)12-29-17(26)7-10-24-18(27)20(23-19(24)28)8-2-3-9-20/h4-6,11,13H,2-3,7-10,12H2,1H3,(H,22,25)(H,23,28)/t13-/m1/s1. The van der Waals surface area contributed by atoms with Gasteiger partial charge in [-0.15, -0.1) is 0 Å². The smallest absolute Gasteiger partial charge is 0.325 e. The van der Waals surface area contributed by atoms with Crippen molar-refractivity contribution in [2.45, 2.75) is 50.6 Å². The molecule has 1 aliphatic heterocycles. The van der Waals surface area contributed by atoms with Crippen LogP contribution in [0.4, 0.5) is 4.79 Å². The summed E-state index contributed by atoms with van der Waals surface area (Å²) >= 11 is 5.94. The first-order valence-electron chi connectivity index (χ1n) is 9.65. The van der Waals surface area contributed by atoms with Crippen molar-refractivity contribution in [1.29, 1.82) is 0 Å². The number of hydrogen-bond donors (Lipinski definition) is 2. The number of nitrogens with zero attached hydrogens (tertiary/aromatic N) is 1. The molecule has 2 N–H and O–H groups in total. The maximum absolute atomic E-state index is 12.5. The number of hydrogen-bond acceptors (Lipinski definition) is 5. The minimum atomic E-state index is -0.794. The molecule has 156 valence electrons. The largest absolute Gasteiger partial charge is 0.456 e. The molecule has 2 fully saturated rings. The Bertz CT molecular complexity index is 822. The number of halogens is 1. The molecular formula is C20H24ClN3O5. The van der Waals surface area contributed by atoms with E-state index in [9.17, 15) is 19.2 Å². The summed E-state index contributed by atoms with van der Waals surface area (Å²) in [6, 6.07) is 6.32. The number of imide groups is 1. The van der Waals surface area contributed by atoms with Gasteiger partial charge in [0.2, 0.25) is 0 Å². The Balaban J connectivity index is 1.41. The van der Waals surface area contributed by atoms with Crippen LogP contribution in [-0.2, 0) is 19.1 Å². The van der Waals surface area contributed by atoms with Crippen molar-refractivity contribution >= 4 is 35.4 Å². The number of carbonyl (C=O) groups is 4. The molecule has 4 amide bonds. The van der Waals surface area contributed by atoms with Gasteiger partial charge in [0.05, 0.1) is 12.5 Å². The van der Waals surface area contributed by atoms with E-state index in [1.807, 2.05) is 6.07 Å². The number of ether oxygens (including phenoxy) is 1. The SMILES string of the molecule is C[C@@H](NC(=O)COC(=O)CCN1C(=O)NC2(CCCC2)C1=O)c1cccc(Cl)c1. The highest BCUT2D eigenvalue weighted by molar-refractivity contribution is 6.30. The molecule has 0 aromatic heterocycles. The van der Waals surface area contributed by atoms with Crippen LogP contribution in [0.2, 0.25) is 5.02 Å². The van der Waals surface area contributed by atoms with E-state index >= 15 is 0 Å². The van der Waals surface area contributed by atoms with Crippen molar-refractivity contribution in [2.24, 2.45) is 0 Å². The topological polar surface area (TPSA) is 105 Å². The Morgan fingerprint density at radius 3 is 2.72 bits per heavy atom. The second kappa shape index (κ2) is 8.82. The highest BCUT2D eigenvalue weighted by Crippen LogP contribution is 2.35. The minimum absolute atomic E-state index is 0.0637. The third kappa shape index (κ3) is 4.87. The Kier molecular flexibility index (Phi) is 6.42. The molecule has 1 atom stereocenters. The van der Waals surface area contributed by atoms with Crippen LogP contribution in [0.3, 0.4) is 0 Å². The summed E-state index contributed by atoms with van der Waals surface area (Å²) < 4.78 is 4.96. The monoisotopic (exact) mass is 421 g/mol. The van der Waals surface area contributed by atoms with Gasteiger partial charge in [-0.05, 0) is 37.5 Å². The van der Waals surface area contributed by atoms with Gasteiger partial charge in [0, 0.05) is 11.6 Å². The fraction of sp³-hybridized carbons (Fsp3) is 0.500. The highest BCUT2D eigenvalue weighted by Gasteiger charge is 2.52. The quantitative estimate of drug-likeness (QED) is 0.519. The number of esters is 1. The molecule has 9 heteroatoms. The molecule has 1 saturated carbocycles. The van der Waals surface area contributed by atoms with Crippen LogP contribution in [0.1, 0.15) is 50.6 Å². The van der Waals surface area contributed by atoms with Crippen LogP contribution in [0, 0.1) is 0 Å². The summed E-state index contributed by atoms with van der Waals surface area (Å²) in [5.41, 5.74) is 0.0359. The van der Waals surface area contributed by atoms with Crippen molar-refractivity contribution in [3.8, 4) is 0 Å². The van der Waals surface area contributed by atoms with Gasteiger partial charge in [-0.1, -0.05) is 36.6 Å². The summed E-state index contributed by atoms with van der Waals surface area (Å²) in [5.74, 6) is -1.38. The number of nitrogens with one attached hydrogen (secondary N) is 2. The molecule has 2 aliphatic rings. The number of rotatable bonds is 7. The van der Waals surface area contributed by atoms with E-state index in [1.54, 1.807) is 25.1 Å². The van der Waals surface area contributed by atoms with Crippen LogP contribution in [0.25, 0.3) is 0 Å². The molecule has 0 radical (unpaired) electrons. The molecule has 29 heavy (non-hydrogen) atoms. The van der Waals surface area contributed by atoms with Gasteiger partial charge in [-0.3, -0.25) is 19.3 Å². The van der Waals surface area contributed by atoms with Gasteiger partial charge >= 0.3 is 12.0 Å². The fourth-order valence-corrected chi connectivity index (χ4v) is 3.96. The third-order valence-electron chi connectivity index (χ3n) is 5.33. The number of benzene rings is 1. The third-order valence-corrected chi connectivity index (χ3v) is 5.57. The fourth-order valence-electron chi connectivity index (χ4n) is 3.76. The molecular weight excluding hydrogens is 398 g/mol. The van der Waals surface area contributed by atoms with E-state index in [0.29, 0.717) is 17.9 Å². The molecule has 1 aromatic carbocycles. The molecule has 1 spiro atoms. The molecule has 8 nitrogen and oxygen atoms in total. The molecule has 0 bridgehead atoms. The molecule has 3 rings (SSSR count). The molecule has 1 aromatic rings. The van der Waals surface area contributed by atoms with Gasteiger partial charge in [0.1, 0.15) is 5.54 Å². The highest BCUT2D eigenvalue weighted by atomic mass is 35.5. The normalized spacial score (nSPS) is 18.6. The van der Waals surface area contributed by atoms with Crippen LogP contribution < -0.4 is 10.6 Å². The first-order chi connectivity index (χ1) is 13.8. The van der Waals surface area contributed by atoms with E-state index in [1.165, 1.54) is 0 Å². The average molecular weight is 422 g/mol. The van der Waals surface area contributed by atoms with Gasteiger partial charge in [-0.25, -0.2) is 4.79 Å². The van der Waals surface area contributed by atoms with Crippen LogP contribution in [-0.4, -0.2) is 47.4 Å². The Hall–Kier alpha value is -2.61. The lowest BCUT2D eigenvalue weighted by Crippen LogP contribution is -2.44. The van der Waals surface area contributed by atoms with Crippen LogP contribution in [0.15, 0.2) is 24.3 Å². The molecule has 1 aliphatic carbocycles. The summed E-state index contributed by atoms with van der Waals surface area (Å²) in [6.45, 7) is 1.29. The minimum Gasteiger partial charge on any atom is -0.456 e. The van der Waals surface area contributed by atoms with E-state index in [2.05, 4.69) is 10.6 Å². The second-order valence-corrected chi connectivity index (χ2v) is 7.87. The van der Waals surface area contributed by atoms with Crippen LogP contribution in [0.5, 0.6) is 0 Å². The lowest BCUT2D eigenvalue weighted by atomic mass is 9.98. The zero-order valence-corrected chi connectivity index (χ0v) is 17.0. The van der Waals surface area contributed by atoms with E-state index < -0.39 is 30.1 Å². The zero-order chi connectivity index (χ0) is 21.0. The van der Waals surface area contributed by atoms with Gasteiger partial charge in [0.25, 0.3) is 11.8 Å². The lowest BCUT2D eigenvalue weighted by Gasteiger charge is -2.19. The first kappa shape index (κ1) is 21.1. The predicted octanol–water partition coefficient (Wildman–Crippen LogP) is 2.32. The van der Waals surface area contributed by atoms with Crippen molar-refractivity contribution in [2.75, 3.05) is 13.2 Å². The summed E-state index contributed by atoms with van der Waals surface area (Å²) in [7, 11) is 0. The Morgan fingerprint density at radius 2 is 2.03 bits per heavy atom. The Morgan fingerprint density at radius 1 is 1.31 bits per heavy atom. The van der Waals surface area contributed by atoms with Crippen LogP contribution >= 0.6 is 11.6 Å². The van der Waals surface area contributed by atoms with E-state index in [0.717, 1.165) is 23.3 Å². The maximum atomic E-state index is 12.5. The average Bonchev–Trinajstić information content (AvgIpc) is 3.24. The van der Waals surface area contributed by atoms with Crippen molar-refractivity contribution in [3.63, 3.8) is 0 Å². The van der Waals surface area contributed by atoms with Gasteiger partial charge < -0.3 is 15.4 Å². The summed E-state index contributed by atoms with van der Waals surface area (Å²) in [6.07, 6.45) is 2.88. The molecule has 0 unspecified atom stereocenters. The van der Waals surface area contributed by atoms with Gasteiger partial charge in [-0.2, -0.15) is 0 Å². The predicted molar refractivity (Wildman–Crippen MR) is 105 cm³/mol.